The van der Waals surface area contributed by atoms with Crippen LogP contribution in [0.5, 0.6) is 0 Å². The van der Waals surface area contributed by atoms with Crippen molar-refractivity contribution in [2.24, 2.45) is 0 Å². The highest BCUT2D eigenvalue weighted by Crippen LogP contribution is 2.45. The lowest BCUT2D eigenvalue weighted by atomic mass is 9.96. The molecule has 1 aromatic rings. The molecule has 0 aliphatic carbocycles. The molecular formula is C11H5F9O3. The Balaban J connectivity index is 3.71. The number of ether oxygens (including phenoxy) is 1. The SMILES string of the molecule is O=C(O)OCc1cc(C(F)(F)F)cc(C(F)(F)F)c1C(F)(F)F. The maximum absolute atomic E-state index is 12.8. The number of rotatable bonds is 2. The lowest BCUT2D eigenvalue weighted by molar-refractivity contribution is -0.164. The molecule has 0 unspecified atom stereocenters. The summed E-state index contributed by atoms with van der Waals surface area (Å²) in [6, 6.07) is -0.923. The zero-order chi connectivity index (χ0) is 18.2. The number of carboxylic acid groups (broad SMARTS) is 1. The summed E-state index contributed by atoms with van der Waals surface area (Å²) in [5.74, 6) is 0. The third-order valence-corrected chi connectivity index (χ3v) is 2.49. The molecule has 0 atom stereocenters. The van der Waals surface area contributed by atoms with Gasteiger partial charge in [-0.15, -0.1) is 0 Å². The molecule has 0 aliphatic heterocycles. The smallest absolute Gasteiger partial charge is 0.450 e. The Morgan fingerprint density at radius 1 is 0.913 bits per heavy atom. The predicted octanol–water partition coefficient (Wildman–Crippen LogP) is 4.94. The molecule has 130 valence electrons. The summed E-state index contributed by atoms with van der Waals surface area (Å²) in [5, 5.41) is 8.18. The van der Waals surface area contributed by atoms with Crippen LogP contribution in [-0.4, -0.2) is 11.3 Å². The van der Waals surface area contributed by atoms with Crippen LogP contribution in [0.25, 0.3) is 0 Å². The molecule has 23 heavy (non-hydrogen) atoms. The van der Waals surface area contributed by atoms with Gasteiger partial charge in [0.05, 0.1) is 16.7 Å². The van der Waals surface area contributed by atoms with Gasteiger partial charge in [-0.05, 0) is 12.1 Å². The highest BCUT2D eigenvalue weighted by Gasteiger charge is 2.47. The van der Waals surface area contributed by atoms with Gasteiger partial charge in [-0.2, -0.15) is 39.5 Å². The van der Waals surface area contributed by atoms with Gasteiger partial charge in [0.2, 0.25) is 0 Å². The van der Waals surface area contributed by atoms with Crippen molar-refractivity contribution in [3.8, 4) is 0 Å². The van der Waals surface area contributed by atoms with E-state index in [4.69, 9.17) is 5.11 Å². The Hall–Kier alpha value is -2.14. The molecule has 1 rings (SSSR count). The summed E-state index contributed by atoms with van der Waals surface area (Å²) in [6.07, 6.45) is -19.0. The standard InChI is InChI=1S/C11H5F9O3/c12-9(13,14)5-1-4(3-23-8(21)22)7(11(18,19)20)6(2-5)10(15,16)17/h1-2H,3H2,(H,21,22). The highest BCUT2D eigenvalue weighted by molar-refractivity contribution is 5.57. The van der Waals surface area contributed by atoms with E-state index in [-0.39, 0.29) is 6.07 Å². The number of halogens is 9. The Kier molecular flexibility index (Phi) is 4.78. The van der Waals surface area contributed by atoms with Crippen molar-refractivity contribution >= 4 is 6.16 Å². The molecule has 0 radical (unpaired) electrons. The summed E-state index contributed by atoms with van der Waals surface area (Å²) in [7, 11) is 0. The maximum atomic E-state index is 12.8. The molecule has 1 aromatic carbocycles. The minimum atomic E-state index is -5.75. The molecule has 1 N–H and O–H groups in total. The predicted molar refractivity (Wildman–Crippen MR) is 54.3 cm³/mol. The van der Waals surface area contributed by atoms with Crippen LogP contribution in [0.4, 0.5) is 44.3 Å². The van der Waals surface area contributed by atoms with Crippen LogP contribution >= 0.6 is 0 Å². The minimum absolute atomic E-state index is 0.235. The van der Waals surface area contributed by atoms with Gasteiger partial charge in [0.1, 0.15) is 6.61 Å². The number of hydrogen-bond donors (Lipinski definition) is 1. The zero-order valence-corrected chi connectivity index (χ0v) is 10.5. The summed E-state index contributed by atoms with van der Waals surface area (Å²) >= 11 is 0. The molecule has 0 spiro atoms. The number of hydrogen-bond acceptors (Lipinski definition) is 2. The van der Waals surface area contributed by atoms with Crippen molar-refractivity contribution in [1.29, 1.82) is 0 Å². The fourth-order valence-electron chi connectivity index (χ4n) is 1.68. The summed E-state index contributed by atoms with van der Waals surface area (Å²) in [6.45, 7) is -1.63. The van der Waals surface area contributed by atoms with E-state index < -0.39 is 59.6 Å². The van der Waals surface area contributed by atoms with Crippen LogP contribution in [0.15, 0.2) is 12.1 Å². The van der Waals surface area contributed by atoms with Gasteiger partial charge in [-0.25, -0.2) is 4.79 Å². The molecule has 0 heterocycles. The monoisotopic (exact) mass is 356 g/mol. The van der Waals surface area contributed by atoms with Crippen molar-refractivity contribution in [3.63, 3.8) is 0 Å². The number of benzene rings is 1. The molecule has 0 aliphatic rings. The van der Waals surface area contributed by atoms with E-state index in [1.165, 1.54) is 0 Å². The number of carbonyl (C=O) groups is 1. The minimum Gasteiger partial charge on any atom is -0.450 e. The van der Waals surface area contributed by atoms with Crippen molar-refractivity contribution in [3.05, 3.63) is 34.4 Å². The highest BCUT2D eigenvalue weighted by atomic mass is 19.4. The fraction of sp³-hybridized carbons (Fsp3) is 0.364. The summed E-state index contributed by atoms with van der Waals surface area (Å²) in [4.78, 5) is 10.1. The van der Waals surface area contributed by atoms with Crippen LogP contribution in [-0.2, 0) is 29.9 Å². The van der Waals surface area contributed by atoms with E-state index in [0.29, 0.717) is 0 Å². The fourth-order valence-corrected chi connectivity index (χ4v) is 1.68. The van der Waals surface area contributed by atoms with E-state index in [0.717, 1.165) is 0 Å². The topological polar surface area (TPSA) is 46.5 Å². The first-order valence-corrected chi connectivity index (χ1v) is 5.38. The Morgan fingerprint density at radius 3 is 1.78 bits per heavy atom. The largest absolute Gasteiger partial charge is 0.506 e. The molecule has 0 fully saturated rings. The second-order valence-corrected chi connectivity index (χ2v) is 4.11. The lowest BCUT2D eigenvalue weighted by Gasteiger charge is -2.21. The summed E-state index contributed by atoms with van der Waals surface area (Å²) in [5.41, 5.74) is -8.62. The van der Waals surface area contributed by atoms with Crippen LogP contribution in [0.1, 0.15) is 22.3 Å². The molecule has 0 saturated heterocycles. The van der Waals surface area contributed by atoms with Gasteiger partial charge in [-0.3, -0.25) is 0 Å². The molecular weight excluding hydrogens is 351 g/mol. The van der Waals surface area contributed by atoms with E-state index in [9.17, 15) is 44.3 Å². The van der Waals surface area contributed by atoms with E-state index in [2.05, 4.69) is 4.74 Å². The lowest BCUT2D eigenvalue weighted by Crippen LogP contribution is -2.22. The van der Waals surface area contributed by atoms with Gasteiger partial charge >= 0.3 is 24.7 Å². The second kappa shape index (κ2) is 5.81. The molecule has 3 nitrogen and oxygen atoms in total. The van der Waals surface area contributed by atoms with Crippen LogP contribution in [0, 0.1) is 0 Å². The zero-order valence-electron chi connectivity index (χ0n) is 10.5. The Bertz CT molecular complexity index is 598. The first-order chi connectivity index (χ1) is 10.1. The molecule has 0 amide bonds. The first kappa shape index (κ1) is 18.9. The van der Waals surface area contributed by atoms with Gasteiger partial charge < -0.3 is 9.84 Å². The van der Waals surface area contributed by atoms with Crippen molar-refractivity contribution in [1.82, 2.24) is 0 Å². The van der Waals surface area contributed by atoms with Crippen molar-refractivity contribution < 1.29 is 54.2 Å². The van der Waals surface area contributed by atoms with Gasteiger partial charge in [-0.1, -0.05) is 0 Å². The average molecular weight is 356 g/mol. The quantitative estimate of drug-likeness (QED) is 0.603. The number of alkyl halides is 9. The van der Waals surface area contributed by atoms with E-state index >= 15 is 0 Å². The maximum Gasteiger partial charge on any atom is 0.506 e. The van der Waals surface area contributed by atoms with E-state index in [1.54, 1.807) is 0 Å². The van der Waals surface area contributed by atoms with E-state index in [1.807, 2.05) is 0 Å². The second-order valence-electron chi connectivity index (χ2n) is 4.11. The summed E-state index contributed by atoms with van der Waals surface area (Å²) < 4.78 is 118. The molecule has 0 saturated carbocycles. The first-order valence-electron chi connectivity index (χ1n) is 5.38. The van der Waals surface area contributed by atoms with Crippen molar-refractivity contribution in [2.75, 3.05) is 0 Å². The molecule has 12 heteroatoms. The third kappa shape index (κ3) is 4.66. The average Bonchev–Trinajstić information content (AvgIpc) is 2.31. The third-order valence-electron chi connectivity index (χ3n) is 2.49. The molecule has 0 aromatic heterocycles. The Labute approximate surface area is 121 Å². The van der Waals surface area contributed by atoms with Crippen LogP contribution in [0.3, 0.4) is 0 Å². The normalized spacial score (nSPS) is 13.1. The van der Waals surface area contributed by atoms with Crippen LogP contribution in [0.2, 0.25) is 0 Å². The Morgan fingerprint density at radius 2 is 1.43 bits per heavy atom. The van der Waals surface area contributed by atoms with Gasteiger partial charge in [0, 0.05) is 5.56 Å². The van der Waals surface area contributed by atoms with Crippen molar-refractivity contribution in [2.45, 2.75) is 25.1 Å². The van der Waals surface area contributed by atoms with Gasteiger partial charge in [0.25, 0.3) is 0 Å². The van der Waals surface area contributed by atoms with Gasteiger partial charge in [0.15, 0.2) is 0 Å². The van der Waals surface area contributed by atoms with Crippen LogP contribution < -0.4 is 0 Å². The molecule has 0 bridgehead atoms.